The van der Waals surface area contributed by atoms with E-state index in [-0.39, 0.29) is 5.69 Å². The summed E-state index contributed by atoms with van der Waals surface area (Å²) in [5.41, 5.74) is 1.42. The predicted molar refractivity (Wildman–Crippen MR) is 76.5 cm³/mol. The van der Waals surface area contributed by atoms with E-state index in [1.54, 1.807) is 4.68 Å². The van der Waals surface area contributed by atoms with E-state index in [9.17, 15) is 4.39 Å². The lowest BCUT2D eigenvalue weighted by Gasteiger charge is -2.08. The number of nitrogens with zero attached hydrogens (tertiary/aromatic N) is 5. The normalized spacial score (nSPS) is 10.6. The summed E-state index contributed by atoms with van der Waals surface area (Å²) in [4.78, 5) is 8.09. The predicted octanol–water partition coefficient (Wildman–Crippen LogP) is 2.30. The third-order valence-electron chi connectivity index (χ3n) is 2.87. The second kappa shape index (κ2) is 5.66. The first-order valence-electron chi connectivity index (χ1n) is 6.52. The van der Waals surface area contributed by atoms with Gasteiger partial charge in [0.25, 0.3) is 0 Å². The standard InChI is InChI=1S/C14H13FN6/c1-2-16-14-17-8-11(15)13(19-14)12-9-18-20-21(12)10-6-4-3-5-7-10/h3-9H,2H2,1H3,(H,16,17,19). The maximum absolute atomic E-state index is 14.0. The maximum atomic E-state index is 14.0. The van der Waals surface area contributed by atoms with Crippen LogP contribution in [0.1, 0.15) is 6.92 Å². The van der Waals surface area contributed by atoms with Gasteiger partial charge in [-0.15, -0.1) is 5.10 Å². The third kappa shape index (κ3) is 2.58. The van der Waals surface area contributed by atoms with E-state index in [2.05, 4.69) is 25.6 Å². The van der Waals surface area contributed by atoms with Gasteiger partial charge in [-0.1, -0.05) is 23.4 Å². The van der Waals surface area contributed by atoms with Crippen molar-refractivity contribution in [2.75, 3.05) is 11.9 Å². The number of rotatable bonds is 4. The van der Waals surface area contributed by atoms with Crippen LogP contribution in [-0.4, -0.2) is 31.5 Å². The van der Waals surface area contributed by atoms with Gasteiger partial charge in [0.15, 0.2) is 5.82 Å². The molecule has 0 saturated heterocycles. The topological polar surface area (TPSA) is 68.5 Å². The highest BCUT2D eigenvalue weighted by atomic mass is 19.1. The van der Waals surface area contributed by atoms with Crippen LogP contribution in [0.2, 0.25) is 0 Å². The molecule has 7 heteroatoms. The SMILES string of the molecule is CCNc1ncc(F)c(-c2cnnn2-c2ccccc2)n1. The van der Waals surface area contributed by atoms with Crippen molar-refractivity contribution in [2.45, 2.75) is 6.92 Å². The molecule has 0 spiro atoms. The molecule has 0 aliphatic heterocycles. The van der Waals surface area contributed by atoms with Crippen LogP contribution in [0.25, 0.3) is 17.1 Å². The number of benzene rings is 1. The minimum Gasteiger partial charge on any atom is -0.354 e. The van der Waals surface area contributed by atoms with Crippen LogP contribution in [0.15, 0.2) is 42.7 Å². The van der Waals surface area contributed by atoms with E-state index >= 15 is 0 Å². The third-order valence-corrected chi connectivity index (χ3v) is 2.87. The second-order valence-electron chi connectivity index (χ2n) is 4.29. The minimum atomic E-state index is -0.517. The van der Waals surface area contributed by atoms with Gasteiger partial charge in [-0.2, -0.15) is 0 Å². The van der Waals surface area contributed by atoms with E-state index < -0.39 is 5.82 Å². The molecule has 1 aromatic carbocycles. The summed E-state index contributed by atoms with van der Waals surface area (Å²) in [6, 6.07) is 9.38. The average Bonchev–Trinajstić information content (AvgIpc) is 3.00. The molecule has 1 N–H and O–H groups in total. The van der Waals surface area contributed by atoms with E-state index in [4.69, 9.17) is 0 Å². The maximum Gasteiger partial charge on any atom is 0.223 e. The van der Waals surface area contributed by atoms with Crippen molar-refractivity contribution in [1.29, 1.82) is 0 Å². The van der Waals surface area contributed by atoms with Crippen LogP contribution >= 0.6 is 0 Å². The molecule has 0 atom stereocenters. The largest absolute Gasteiger partial charge is 0.354 e. The highest BCUT2D eigenvalue weighted by molar-refractivity contribution is 5.58. The molecule has 0 bridgehead atoms. The number of para-hydroxylation sites is 1. The van der Waals surface area contributed by atoms with Gasteiger partial charge < -0.3 is 5.32 Å². The Morgan fingerprint density at radius 2 is 2.00 bits per heavy atom. The molecule has 2 aromatic heterocycles. The van der Waals surface area contributed by atoms with Gasteiger partial charge in [-0.25, -0.2) is 19.0 Å². The van der Waals surface area contributed by atoms with Crippen molar-refractivity contribution in [3.8, 4) is 17.1 Å². The summed E-state index contributed by atoms with van der Waals surface area (Å²) < 4.78 is 15.6. The Bertz CT molecular complexity index is 740. The Hall–Kier alpha value is -2.83. The Kier molecular flexibility index (Phi) is 3.55. The molecule has 0 aliphatic carbocycles. The molecule has 0 fully saturated rings. The fourth-order valence-corrected chi connectivity index (χ4v) is 1.95. The van der Waals surface area contributed by atoms with Crippen LogP contribution in [0, 0.1) is 5.82 Å². The fraction of sp³-hybridized carbons (Fsp3) is 0.143. The Morgan fingerprint density at radius 1 is 1.19 bits per heavy atom. The fourth-order valence-electron chi connectivity index (χ4n) is 1.95. The van der Waals surface area contributed by atoms with Crippen molar-refractivity contribution < 1.29 is 4.39 Å². The lowest BCUT2D eigenvalue weighted by molar-refractivity contribution is 0.616. The Labute approximate surface area is 120 Å². The number of nitrogens with one attached hydrogen (secondary N) is 1. The van der Waals surface area contributed by atoms with Crippen molar-refractivity contribution in [3.05, 3.63) is 48.5 Å². The zero-order valence-corrected chi connectivity index (χ0v) is 11.4. The van der Waals surface area contributed by atoms with Crippen molar-refractivity contribution in [1.82, 2.24) is 25.0 Å². The lowest BCUT2D eigenvalue weighted by Crippen LogP contribution is -2.06. The number of halogens is 1. The summed E-state index contributed by atoms with van der Waals surface area (Å²) in [5, 5.41) is 10.8. The summed E-state index contributed by atoms with van der Waals surface area (Å²) in [5.74, 6) is -0.147. The van der Waals surface area contributed by atoms with E-state index in [1.807, 2.05) is 37.3 Å². The number of anilines is 1. The van der Waals surface area contributed by atoms with Gasteiger partial charge in [-0.05, 0) is 19.1 Å². The summed E-state index contributed by atoms with van der Waals surface area (Å²) >= 11 is 0. The molecule has 106 valence electrons. The van der Waals surface area contributed by atoms with Crippen molar-refractivity contribution in [2.24, 2.45) is 0 Å². The molecule has 0 saturated carbocycles. The molecule has 21 heavy (non-hydrogen) atoms. The molecule has 3 rings (SSSR count). The minimum absolute atomic E-state index is 0.162. The molecule has 0 aliphatic rings. The van der Waals surface area contributed by atoms with E-state index in [0.29, 0.717) is 18.2 Å². The van der Waals surface area contributed by atoms with Crippen LogP contribution in [0.4, 0.5) is 10.3 Å². The van der Waals surface area contributed by atoms with Crippen LogP contribution < -0.4 is 5.32 Å². The van der Waals surface area contributed by atoms with Gasteiger partial charge in [0.2, 0.25) is 5.95 Å². The smallest absolute Gasteiger partial charge is 0.223 e. The van der Waals surface area contributed by atoms with Crippen molar-refractivity contribution in [3.63, 3.8) is 0 Å². The second-order valence-corrected chi connectivity index (χ2v) is 4.29. The number of aromatic nitrogens is 5. The highest BCUT2D eigenvalue weighted by Crippen LogP contribution is 2.22. The Morgan fingerprint density at radius 3 is 2.76 bits per heavy atom. The molecule has 2 heterocycles. The first-order valence-corrected chi connectivity index (χ1v) is 6.52. The molecule has 3 aromatic rings. The number of hydrogen-bond acceptors (Lipinski definition) is 5. The number of hydrogen-bond donors (Lipinski definition) is 1. The van der Waals surface area contributed by atoms with Crippen molar-refractivity contribution >= 4 is 5.95 Å². The zero-order valence-electron chi connectivity index (χ0n) is 11.4. The quantitative estimate of drug-likeness (QED) is 0.796. The molecule has 6 nitrogen and oxygen atoms in total. The summed E-state index contributed by atoms with van der Waals surface area (Å²) in [7, 11) is 0. The zero-order chi connectivity index (χ0) is 14.7. The van der Waals surface area contributed by atoms with Crippen LogP contribution in [0.3, 0.4) is 0 Å². The van der Waals surface area contributed by atoms with Gasteiger partial charge in [0.1, 0.15) is 11.4 Å². The van der Waals surface area contributed by atoms with Gasteiger partial charge in [0.05, 0.1) is 18.1 Å². The molecule has 0 radical (unpaired) electrons. The molecule has 0 unspecified atom stereocenters. The molecule has 0 amide bonds. The van der Waals surface area contributed by atoms with E-state index in [1.165, 1.54) is 6.20 Å². The van der Waals surface area contributed by atoms with Gasteiger partial charge in [-0.3, -0.25) is 0 Å². The van der Waals surface area contributed by atoms with Crippen LogP contribution in [-0.2, 0) is 0 Å². The highest BCUT2D eigenvalue weighted by Gasteiger charge is 2.15. The monoisotopic (exact) mass is 284 g/mol. The van der Waals surface area contributed by atoms with Gasteiger partial charge >= 0.3 is 0 Å². The first-order chi connectivity index (χ1) is 10.3. The Balaban J connectivity index is 2.10. The molecular weight excluding hydrogens is 271 g/mol. The first kappa shape index (κ1) is 13.2. The summed E-state index contributed by atoms with van der Waals surface area (Å²) in [6.45, 7) is 2.57. The average molecular weight is 284 g/mol. The molecular formula is C14H13FN6. The van der Waals surface area contributed by atoms with Gasteiger partial charge in [0, 0.05) is 6.54 Å². The lowest BCUT2D eigenvalue weighted by atomic mass is 10.2. The summed E-state index contributed by atoms with van der Waals surface area (Å²) in [6.07, 6.45) is 2.62. The van der Waals surface area contributed by atoms with E-state index in [0.717, 1.165) is 11.9 Å². The van der Waals surface area contributed by atoms with Crippen LogP contribution in [0.5, 0.6) is 0 Å².